The zero-order valence-electron chi connectivity index (χ0n) is 14.6. The molecule has 1 heterocycles. The topological polar surface area (TPSA) is 9.23 Å². The first-order valence-electron chi connectivity index (χ1n) is 9.27. The van der Waals surface area contributed by atoms with Gasteiger partial charge in [-0.1, -0.05) is 55.3 Å². The summed E-state index contributed by atoms with van der Waals surface area (Å²) >= 11 is 3.95. The van der Waals surface area contributed by atoms with Crippen molar-refractivity contribution in [3.63, 3.8) is 0 Å². The van der Waals surface area contributed by atoms with Crippen molar-refractivity contribution in [3.05, 3.63) is 12.2 Å². The summed E-state index contributed by atoms with van der Waals surface area (Å²) in [6.45, 7) is 9.78. The van der Waals surface area contributed by atoms with Gasteiger partial charge in [0, 0.05) is 16.7 Å². The Kier molecular flexibility index (Phi) is 3.30. The van der Waals surface area contributed by atoms with Crippen LogP contribution in [0, 0.1) is 28.6 Å². The summed E-state index contributed by atoms with van der Waals surface area (Å²) in [5.74, 6) is 2.18. The summed E-state index contributed by atoms with van der Waals surface area (Å²) in [5, 5.41) is 1.09. The van der Waals surface area contributed by atoms with Crippen LogP contribution in [0.15, 0.2) is 12.2 Å². The molecule has 2 saturated carbocycles. The van der Waals surface area contributed by atoms with Gasteiger partial charge in [-0.15, -0.1) is 0 Å². The Hall–Kier alpha value is 0.180. The molecule has 0 N–H and O–H groups in total. The van der Waals surface area contributed by atoms with E-state index in [0.29, 0.717) is 16.7 Å². The molecular formula is C20H31BrO. The largest absolute Gasteiger partial charge is 0.363 e. The highest BCUT2D eigenvalue weighted by atomic mass is 79.9. The normalized spacial score (nSPS) is 56.3. The smallest absolute Gasteiger partial charge is 0.0997 e. The maximum absolute atomic E-state index is 6.92. The molecular weight excluding hydrogens is 336 g/mol. The number of halogens is 1. The first kappa shape index (κ1) is 15.7. The zero-order chi connectivity index (χ0) is 15.8. The number of hydrogen-bond donors (Lipinski definition) is 0. The van der Waals surface area contributed by atoms with Crippen LogP contribution in [0.4, 0.5) is 0 Å². The van der Waals surface area contributed by atoms with Crippen molar-refractivity contribution < 1.29 is 4.74 Å². The van der Waals surface area contributed by atoms with E-state index in [0.717, 1.165) is 17.2 Å². The molecule has 0 aromatic rings. The summed E-state index contributed by atoms with van der Waals surface area (Å²) in [5.41, 5.74) is 0.924. The lowest BCUT2D eigenvalue weighted by molar-refractivity contribution is -0.402. The molecule has 4 rings (SSSR count). The monoisotopic (exact) mass is 366 g/mol. The lowest BCUT2D eigenvalue weighted by Crippen LogP contribution is -2.81. The van der Waals surface area contributed by atoms with Gasteiger partial charge >= 0.3 is 0 Å². The van der Waals surface area contributed by atoms with Crippen LogP contribution in [-0.4, -0.2) is 16.5 Å². The van der Waals surface area contributed by atoms with Crippen LogP contribution in [0.5, 0.6) is 0 Å². The van der Waals surface area contributed by atoms with Gasteiger partial charge in [0.2, 0.25) is 0 Å². The van der Waals surface area contributed by atoms with E-state index in [1.54, 1.807) is 0 Å². The second kappa shape index (κ2) is 4.63. The summed E-state index contributed by atoms with van der Waals surface area (Å²) < 4.78 is 6.92. The Morgan fingerprint density at radius 1 is 1.18 bits per heavy atom. The van der Waals surface area contributed by atoms with Crippen molar-refractivity contribution in [3.8, 4) is 0 Å². The minimum Gasteiger partial charge on any atom is -0.363 e. The van der Waals surface area contributed by atoms with Crippen molar-refractivity contribution in [2.75, 3.05) is 5.33 Å². The molecule has 0 amide bonds. The number of hydrogen-bond acceptors (Lipinski definition) is 1. The van der Waals surface area contributed by atoms with E-state index in [-0.39, 0.29) is 11.2 Å². The zero-order valence-corrected chi connectivity index (χ0v) is 16.2. The highest BCUT2D eigenvalue weighted by Crippen LogP contribution is 2.75. The summed E-state index contributed by atoms with van der Waals surface area (Å²) in [6, 6.07) is 0. The first-order valence-corrected chi connectivity index (χ1v) is 10.4. The van der Waals surface area contributed by atoms with Crippen LogP contribution in [0.3, 0.4) is 0 Å². The average molecular weight is 367 g/mol. The average Bonchev–Trinajstić information content (AvgIpc) is 2.44. The van der Waals surface area contributed by atoms with Gasteiger partial charge in [-0.25, -0.2) is 0 Å². The third-order valence-electron chi connectivity index (χ3n) is 7.99. The summed E-state index contributed by atoms with van der Waals surface area (Å²) in [4.78, 5) is 0. The van der Waals surface area contributed by atoms with Crippen molar-refractivity contribution in [2.24, 2.45) is 28.6 Å². The quantitative estimate of drug-likeness (QED) is 0.447. The van der Waals surface area contributed by atoms with E-state index in [1.165, 1.54) is 38.5 Å². The SMILES string of the molecule is CC(C)[C@@H]1CC=C[C@]23O[C@]4(C)CCC[C@@](C)(CC[C@]12CBr)[C@@H]43. The minimum absolute atomic E-state index is 0.00581. The molecule has 1 nitrogen and oxygen atoms in total. The molecule has 0 unspecified atom stereocenters. The van der Waals surface area contributed by atoms with Crippen LogP contribution in [-0.2, 0) is 4.74 Å². The van der Waals surface area contributed by atoms with Crippen molar-refractivity contribution >= 4 is 15.9 Å². The fraction of sp³-hybridized carbons (Fsp3) is 0.900. The standard InChI is InChI=1S/C20H31BrO/c1-14(2)15-7-5-10-20-16-17(3,11-12-19(15,20)13-21)8-6-9-18(16,4)22-20/h5,10,14-16H,6-9,11-13H2,1-4H3/t15-,16-,17-,18+,19-,20+/m0/s1. The molecule has 2 heteroatoms. The third kappa shape index (κ3) is 1.60. The van der Waals surface area contributed by atoms with Gasteiger partial charge in [0.1, 0.15) is 0 Å². The molecule has 0 radical (unpaired) electrons. The Morgan fingerprint density at radius 2 is 1.95 bits per heavy atom. The molecule has 0 aromatic heterocycles. The van der Waals surface area contributed by atoms with Gasteiger partial charge in [-0.3, -0.25) is 0 Å². The summed E-state index contributed by atoms with van der Waals surface area (Å²) in [7, 11) is 0. The lowest BCUT2D eigenvalue weighted by Gasteiger charge is -2.78. The molecule has 1 saturated heterocycles. The fourth-order valence-corrected chi connectivity index (χ4v) is 8.40. The molecule has 1 spiro atoms. The van der Waals surface area contributed by atoms with Crippen molar-refractivity contribution in [1.82, 2.24) is 0 Å². The lowest BCUT2D eigenvalue weighted by atomic mass is 9.37. The van der Waals surface area contributed by atoms with E-state index >= 15 is 0 Å². The maximum Gasteiger partial charge on any atom is 0.0997 e. The molecule has 1 aliphatic heterocycles. The Balaban J connectivity index is 1.86. The number of rotatable bonds is 2. The minimum atomic E-state index is 0.00581. The Bertz CT molecular complexity index is 514. The first-order chi connectivity index (χ1) is 10.3. The second-order valence-electron chi connectivity index (χ2n) is 9.43. The van der Waals surface area contributed by atoms with Gasteiger partial charge < -0.3 is 4.74 Å². The van der Waals surface area contributed by atoms with Crippen molar-refractivity contribution in [2.45, 2.75) is 77.4 Å². The molecule has 0 bridgehead atoms. The fourth-order valence-electron chi connectivity index (χ4n) is 7.27. The molecule has 4 aliphatic rings. The van der Waals surface area contributed by atoms with Gasteiger partial charge in [-0.2, -0.15) is 0 Å². The van der Waals surface area contributed by atoms with Gasteiger partial charge in [0.15, 0.2) is 0 Å². The van der Waals surface area contributed by atoms with E-state index in [9.17, 15) is 0 Å². The summed E-state index contributed by atoms with van der Waals surface area (Å²) in [6.07, 6.45) is 12.9. The maximum atomic E-state index is 6.92. The Morgan fingerprint density at radius 3 is 2.64 bits per heavy atom. The number of allylic oxidation sites excluding steroid dienone is 1. The van der Waals surface area contributed by atoms with Crippen molar-refractivity contribution in [1.29, 1.82) is 0 Å². The molecule has 6 atom stereocenters. The predicted octanol–water partition coefficient (Wildman–Crippen LogP) is 5.73. The second-order valence-corrected chi connectivity index (χ2v) is 9.99. The van der Waals surface area contributed by atoms with Crippen LogP contribution in [0.1, 0.15) is 66.2 Å². The molecule has 0 aromatic carbocycles. The van der Waals surface area contributed by atoms with E-state index in [2.05, 4.69) is 55.8 Å². The molecule has 3 fully saturated rings. The van der Waals surface area contributed by atoms with Crippen LogP contribution in [0.25, 0.3) is 0 Å². The van der Waals surface area contributed by atoms with Crippen LogP contribution >= 0.6 is 15.9 Å². The van der Waals surface area contributed by atoms with E-state index in [1.807, 2.05) is 0 Å². The highest BCUT2D eigenvalue weighted by Gasteiger charge is 2.77. The molecule has 124 valence electrons. The van der Waals surface area contributed by atoms with E-state index < -0.39 is 0 Å². The number of ether oxygens (including phenoxy) is 1. The van der Waals surface area contributed by atoms with Gasteiger partial charge in [-0.05, 0) is 56.3 Å². The molecule has 22 heavy (non-hydrogen) atoms. The number of alkyl halides is 1. The molecule has 3 aliphatic carbocycles. The van der Waals surface area contributed by atoms with Crippen LogP contribution < -0.4 is 0 Å². The highest BCUT2D eigenvalue weighted by molar-refractivity contribution is 9.09. The predicted molar refractivity (Wildman–Crippen MR) is 95.2 cm³/mol. The Labute approximate surface area is 144 Å². The van der Waals surface area contributed by atoms with Gasteiger partial charge in [0.25, 0.3) is 0 Å². The van der Waals surface area contributed by atoms with E-state index in [4.69, 9.17) is 4.74 Å². The van der Waals surface area contributed by atoms with Gasteiger partial charge in [0.05, 0.1) is 11.2 Å². The third-order valence-corrected chi connectivity index (χ3v) is 8.99. The van der Waals surface area contributed by atoms with Crippen LogP contribution in [0.2, 0.25) is 0 Å².